The second kappa shape index (κ2) is 5.47. The van der Waals surface area contributed by atoms with E-state index >= 15 is 0 Å². The van der Waals surface area contributed by atoms with E-state index in [0.29, 0.717) is 6.10 Å². The molecule has 0 unspecified atom stereocenters. The minimum Gasteiger partial charge on any atom is -0.473 e. The van der Waals surface area contributed by atoms with Gasteiger partial charge in [0.2, 0.25) is 6.29 Å². The first-order valence-electron chi connectivity index (χ1n) is 8.93. The first kappa shape index (κ1) is 17.2. The Hall–Kier alpha value is -0.583. The van der Waals surface area contributed by atoms with Crippen LogP contribution >= 0.6 is 0 Å². The van der Waals surface area contributed by atoms with E-state index < -0.39 is 8.32 Å². The third-order valence-corrected chi connectivity index (χ3v) is 11.2. The first-order chi connectivity index (χ1) is 10.6. The molecule has 1 aliphatic carbocycles. The van der Waals surface area contributed by atoms with Crippen molar-refractivity contribution in [2.24, 2.45) is 5.41 Å². The van der Waals surface area contributed by atoms with Gasteiger partial charge in [-0.15, -0.1) is 6.58 Å². The molecule has 1 spiro atoms. The van der Waals surface area contributed by atoms with Gasteiger partial charge >= 0.3 is 0 Å². The third-order valence-electron chi connectivity index (χ3n) is 6.62. The fourth-order valence-electron chi connectivity index (χ4n) is 4.31. The molecule has 1 saturated carbocycles. The molecule has 23 heavy (non-hydrogen) atoms. The number of hydrogen-bond acceptors (Lipinski definition) is 3. The molecule has 130 valence electrons. The van der Waals surface area contributed by atoms with Gasteiger partial charge in [-0.25, -0.2) is 0 Å². The average Bonchev–Trinajstić information content (AvgIpc) is 2.64. The van der Waals surface area contributed by atoms with Crippen LogP contribution in [0.4, 0.5) is 0 Å². The number of ether oxygens (including phenoxy) is 2. The van der Waals surface area contributed by atoms with Crippen molar-refractivity contribution < 1.29 is 13.9 Å². The first-order valence-corrected chi connectivity index (χ1v) is 11.8. The van der Waals surface area contributed by atoms with Crippen LogP contribution in [0.15, 0.2) is 25.0 Å². The normalized spacial score (nSPS) is 39.7. The molecule has 2 heterocycles. The van der Waals surface area contributed by atoms with E-state index in [-0.39, 0.29) is 22.3 Å². The Morgan fingerprint density at radius 1 is 1.35 bits per heavy atom. The molecule has 0 radical (unpaired) electrons. The second-order valence-electron chi connectivity index (χ2n) is 9.10. The van der Waals surface area contributed by atoms with Crippen LogP contribution in [0.3, 0.4) is 0 Å². The maximum Gasteiger partial charge on any atom is 0.200 e. The molecule has 2 fully saturated rings. The van der Waals surface area contributed by atoms with Gasteiger partial charge in [0.15, 0.2) is 8.32 Å². The minimum atomic E-state index is -1.74. The summed E-state index contributed by atoms with van der Waals surface area (Å²) in [5.74, 6) is 0. The molecule has 0 aromatic rings. The van der Waals surface area contributed by atoms with Crippen LogP contribution < -0.4 is 0 Å². The SMILES string of the molecule is C=CC[C@@]12C[C@@H](O[Si](C)(C)C(C)(C)C)CC[C@@]13C=CO[C@@H](C2)O3. The maximum atomic E-state index is 6.75. The minimum absolute atomic E-state index is 0.0810. The summed E-state index contributed by atoms with van der Waals surface area (Å²) in [6.07, 6.45) is 11.4. The highest BCUT2D eigenvalue weighted by Gasteiger charge is 2.62. The van der Waals surface area contributed by atoms with Crippen molar-refractivity contribution in [3.63, 3.8) is 0 Å². The van der Waals surface area contributed by atoms with E-state index in [1.54, 1.807) is 0 Å². The summed E-state index contributed by atoms with van der Waals surface area (Å²) in [5.41, 5.74) is -0.0882. The van der Waals surface area contributed by atoms with E-state index in [1.807, 2.05) is 12.3 Å². The number of hydrogen-bond donors (Lipinski definition) is 0. The fraction of sp³-hybridized carbons (Fsp3) is 0.789. The van der Waals surface area contributed by atoms with Crippen LogP contribution in [0.25, 0.3) is 0 Å². The lowest BCUT2D eigenvalue weighted by atomic mass is 9.60. The highest BCUT2D eigenvalue weighted by molar-refractivity contribution is 6.74. The molecule has 3 rings (SSSR count). The second-order valence-corrected chi connectivity index (χ2v) is 13.9. The van der Waals surface area contributed by atoms with Crippen molar-refractivity contribution in [3.8, 4) is 0 Å². The largest absolute Gasteiger partial charge is 0.473 e. The molecular formula is C19H32O3Si. The zero-order valence-corrected chi connectivity index (χ0v) is 16.4. The molecule has 3 aliphatic rings. The molecule has 0 aromatic heterocycles. The van der Waals surface area contributed by atoms with Crippen molar-refractivity contribution >= 4 is 8.32 Å². The highest BCUT2D eigenvalue weighted by Crippen LogP contribution is 2.60. The maximum absolute atomic E-state index is 6.75. The van der Waals surface area contributed by atoms with Crippen LogP contribution in [0, 0.1) is 5.41 Å². The summed E-state index contributed by atoms with van der Waals surface area (Å²) in [7, 11) is -1.74. The van der Waals surface area contributed by atoms with Gasteiger partial charge in [0, 0.05) is 17.9 Å². The molecule has 2 bridgehead atoms. The molecule has 4 heteroatoms. The van der Waals surface area contributed by atoms with Crippen LogP contribution in [0.2, 0.25) is 18.1 Å². The zero-order valence-electron chi connectivity index (χ0n) is 15.4. The molecule has 3 nitrogen and oxygen atoms in total. The molecule has 0 amide bonds. The Morgan fingerprint density at radius 3 is 2.74 bits per heavy atom. The van der Waals surface area contributed by atoms with E-state index in [9.17, 15) is 0 Å². The van der Waals surface area contributed by atoms with Crippen molar-refractivity contribution in [1.29, 1.82) is 0 Å². The Kier molecular flexibility index (Phi) is 4.10. The van der Waals surface area contributed by atoms with E-state index in [2.05, 4.69) is 46.5 Å². The predicted molar refractivity (Wildman–Crippen MR) is 95.6 cm³/mol. The lowest BCUT2D eigenvalue weighted by Crippen LogP contribution is -2.53. The van der Waals surface area contributed by atoms with Crippen molar-refractivity contribution in [2.45, 2.75) is 89.0 Å². The van der Waals surface area contributed by atoms with Gasteiger partial charge in [-0.1, -0.05) is 26.8 Å². The standard InChI is InChI=1S/C19H32O3Si/c1-7-9-18-13-15(22-23(5,6)17(2,3)4)8-10-19(18)11-12-20-16(14-18)21-19/h7,11-12,15-16H,1,8-10,13-14H2,2-6H3/t15-,16+,18-,19+/m0/s1. The van der Waals surface area contributed by atoms with E-state index in [4.69, 9.17) is 13.9 Å². The quantitative estimate of drug-likeness (QED) is 0.525. The molecule has 4 atom stereocenters. The molecular weight excluding hydrogens is 304 g/mol. The fourth-order valence-corrected chi connectivity index (χ4v) is 5.70. The average molecular weight is 337 g/mol. The molecule has 1 saturated heterocycles. The van der Waals surface area contributed by atoms with Crippen LogP contribution in [-0.2, 0) is 13.9 Å². The van der Waals surface area contributed by atoms with Gasteiger partial charge in [0.25, 0.3) is 0 Å². The Balaban J connectivity index is 1.82. The molecule has 0 N–H and O–H groups in total. The van der Waals surface area contributed by atoms with Gasteiger partial charge in [-0.2, -0.15) is 0 Å². The van der Waals surface area contributed by atoms with Crippen molar-refractivity contribution in [2.75, 3.05) is 0 Å². The summed E-state index contributed by atoms with van der Waals surface area (Å²) >= 11 is 0. The van der Waals surface area contributed by atoms with Crippen molar-refractivity contribution in [1.82, 2.24) is 0 Å². The summed E-state index contributed by atoms with van der Waals surface area (Å²) in [6, 6.07) is 0. The highest BCUT2D eigenvalue weighted by atomic mass is 28.4. The number of rotatable bonds is 4. The predicted octanol–water partition coefficient (Wildman–Crippen LogP) is 5.15. The summed E-state index contributed by atoms with van der Waals surface area (Å²) in [6.45, 7) is 15.6. The summed E-state index contributed by atoms with van der Waals surface area (Å²) < 4.78 is 18.7. The Morgan fingerprint density at radius 2 is 2.09 bits per heavy atom. The van der Waals surface area contributed by atoms with E-state index in [1.165, 1.54) is 0 Å². The zero-order chi connectivity index (χ0) is 16.9. The number of allylic oxidation sites excluding steroid dienone is 1. The van der Waals surface area contributed by atoms with Gasteiger partial charge in [-0.05, 0) is 49.9 Å². The van der Waals surface area contributed by atoms with Crippen LogP contribution in [0.5, 0.6) is 0 Å². The lowest BCUT2D eigenvalue weighted by Gasteiger charge is -2.50. The smallest absolute Gasteiger partial charge is 0.200 e. The summed E-state index contributed by atoms with van der Waals surface area (Å²) in [4.78, 5) is 0. The Bertz CT molecular complexity index is 507. The van der Waals surface area contributed by atoms with Crippen LogP contribution in [0.1, 0.15) is 52.9 Å². The Labute approximate surface area is 142 Å². The van der Waals surface area contributed by atoms with Gasteiger partial charge in [-0.3, -0.25) is 0 Å². The van der Waals surface area contributed by atoms with Gasteiger partial charge in [0.1, 0.15) is 0 Å². The summed E-state index contributed by atoms with van der Waals surface area (Å²) in [5, 5.41) is 0.249. The number of fused-ring (bicyclic) bond motifs is 1. The van der Waals surface area contributed by atoms with Gasteiger partial charge < -0.3 is 13.9 Å². The van der Waals surface area contributed by atoms with Crippen LogP contribution in [-0.4, -0.2) is 26.3 Å². The lowest BCUT2D eigenvalue weighted by molar-refractivity contribution is -0.168. The van der Waals surface area contributed by atoms with Gasteiger partial charge in [0.05, 0.1) is 11.9 Å². The van der Waals surface area contributed by atoms with E-state index in [0.717, 1.165) is 32.1 Å². The molecule has 2 aliphatic heterocycles. The topological polar surface area (TPSA) is 27.7 Å². The monoisotopic (exact) mass is 336 g/mol. The third kappa shape index (κ3) is 2.73. The van der Waals surface area contributed by atoms with Crippen molar-refractivity contribution in [3.05, 3.63) is 25.0 Å². The molecule has 0 aromatic carbocycles.